The van der Waals surface area contributed by atoms with Crippen LogP contribution >= 0.6 is 0 Å². The second kappa shape index (κ2) is 11.2. The number of aromatic hydroxyl groups is 1. The number of carbonyl (C=O) groups is 1. The molecule has 2 aromatic carbocycles. The molecule has 0 saturated heterocycles. The van der Waals surface area contributed by atoms with E-state index in [1.54, 1.807) is 7.05 Å². The molecule has 0 aliphatic carbocycles. The number of likely N-dealkylation sites (N-methyl/N-ethyl adjacent to an activating group) is 1. The molecule has 1 aromatic heterocycles. The minimum atomic E-state index is -0.444. The van der Waals surface area contributed by atoms with Gasteiger partial charge >= 0.3 is 0 Å². The number of benzene rings is 2. The summed E-state index contributed by atoms with van der Waals surface area (Å²) in [6.07, 6.45) is 2.01. The van der Waals surface area contributed by atoms with Crippen molar-refractivity contribution in [1.82, 2.24) is 14.9 Å². The average molecular weight is 436 g/mol. The fourth-order valence-electron chi connectivity index (χ4n) is 3.34. The lowest BCUT2D eigenvalue weighted by Gasteiger charge is -2.18. The molecule has 0 unspecified atom stereocenters. The van der Waals surface area contributed by atoms with Crippen LogP contribution in [0.2, 0.25) is 0 Å². The van der Waals surface area contributed by atoms with Crippen molar-refractivity contribution in [2.75, 3.05) is 26.8 Å². The fraction of sp³-hybridized carbons (Fsp3) is 0.320. The van der Waals surface area contributed by atoms with E-state index >= 15 is 0 Å². The lowest BCUT2D eigenvalue weighted by molar-refractivity contribution is 0.0754. The topological polar surface area (TPSA) is 95.8 Å². The first-order chi connectivity index (χ1) is 15.5. The van der Waals surface area contributed by atoms with E-state index in [2.05, 4.69) is 9.97 Å². The second-order valence-corrected chi connectivity index (χ2v) is 7.49. The Hall–Kier alpha value is -3.45. The summed E-state index contributed by atoms with van der Waals surface area (Å²) in [6, 6.07) is 17.9. The highest BCUT2D eigenvalue weighted by molar-refractivity contribution is 5.95. The molecule has 0 aliphatic heterocycles. The number of aromatic nitrogens is 2. The molecular formula is C25H29N3O4. The number of hydrogen-bond acceptors (Lipinski definition) is 6. The van der Waals surface area contributed by atoms with Crippen molar-refractivity contribution in [1.29, 1.82) is 0 Å². The maximum absolute atomic E-state index is 13.0. The Bertz CT molecular complexity index is 1040. The van der Waals surface area contributed by atoms with Crippen LogP contribution in [0.1, 0.15) is 41.6 Å². The highest BCUT2D eigenvalue weighted by Crippen LogP contribution is 2.30. The summed E-state index contributed by atoms with van der Waals surface area (Å²) in [5, 5.41) is 19.8. The second-order valence-electron chi connectivity index (χ2n) is 7.49. The molecule has 168 valence electrons. The van der Waals surface area contributed by atoms with Gasteiger partial charge in [0.2, 0.25) is 5.75 Å². The summed E-state index contributed by atoms with van der Waals surface area (Å²) < 4.78 is 5.67. The lowest BCUT2D eigenvalue weighted by atomic mass is 9.97. The zero-order valence-corrected chi connectivity index (χ0v) is 18.5. The Morgan fingerprint density at radius 1 is 1.06 bits per heavy atom. The number of aliphatic hydroxyl groups excluding tert-OH is 1. The zero-order chi connectivity index (χ0) is 22.9. The summed E-state index contributed by atoms with van der Waals surface area (Å²) in [5.74, 6) is -0.507. The Labute approximate surface area is 188 Å². The molecule has 0 atom stereocenters. The van der Waals surface area contributed by atoms with Gasteiger partial charge in [0.25, 0.3) is 11.8 Å². The molecule has 0 bridgehead atoms. The van der Waals surface area contributed by atoms with Gasteiger partial charge in [-0.05, 0) is 23.1 Å². The highest BCUT2D eigenvalue weighted by atomic mass is 16.5. The normalized spacial score (nSPS) is 10.7. The molecule has 32 heavy (non-hydrogen) atoms. The molecule has 1 amide bonds. The predicted molar refractivity (Wildman–Crippen MR) is 123 cm³/mol. The monoisotopic (exact) mass is 435 g/mol. The van der Waals surface area contributed by atoms with Gasteiger partial charge in [-0.1, -0.05) is 67.9 Å². The Kier molecular flexibility index (Phi) is 8.16. The van der Waals surface area contributed by atoms with Gasteiger partial charge < -0.3 is 19.8 Å². The van der Waals surface area contributed by atoms with E-state index < -0.39 is 5.91 Å². The SMILES string of the molecule is CCCCOc1c(O)nc(Cc2ccccc2-c2ccccc2)nc1C(=O)N(C)CCO. The molecule has 7 nitrogen and oxygen atoms in total. The number of carbonyl (C=O) groups excluding carboxylic acids is 1. The minimum Gasteiger partial charge on any atom is -0.491 e. The van der Waals surface area contributed by atoms with Crippen LogP contribution in [0.15, 0.2) is 54.6 Å². The van der Waals surface area contributed by atoms with Crippen LogP contribution in [0.25, 0.3) is 11.1 Å². The van der Waals surface area contributed by atoms with Gasteiger partial charge in [-0.15, -0.1) is 0 Å². The molecule has 0 aliphatic rings. The number of unbranched alkanes of at least 4 members (excludes halogenated alkanes) is 1. The fourth-order valence-corrected chi connectivity index (χ4v) is 3.34. The van der Waals surface area contributed by atoms with Gasteiger partial charge in [0, 0.05) is 20.0 Å². The molecule has 1 heterocycles. The van der Waals surface area contributed by atoms with Crippen molar-refractivity contribution in [3.63, 3.8) is 0 Å². The third-order valence-corrected chi connectivity index (χ3v) is 5.07. The first-order valence-corrected chi connectivity index (χ1v) is 10.8. The zero-order valence-electron chi connectivity index (χ0n) is 18.5. The van der Waals surface area contributed by atoms with E-state index in [0.717, 1.165) is 29.5 Å². The van der Waals surface area contributed by atoms with Gasteiger partial charge in [0.1, 0.15) is 5.82 Å². The largest absolute Gasteiger partial charge is 0.491 e. The van der Waals surface area contributed by atoms with Crippen LogP contribution in [0, 0.1) is 0 Å². The Morgan fingerprint density at radius 2 is 1.78 bits per heavy atom. The van der Waals surface area contributed by atoms with Crippen molar-refractivity contribution in [3.05, 3.63) is 71.7 Å². The van der Waals surface area contributed by atoms with E-state index in [9.17, 15) is 15.0 Å². The number of amides is 1. The summed E-state index contributed by atoms with van der Waals surface area (Å²) in [4.78, 5) is 23.0. The molecule has 2 N–H and O–H groups in total. The summed E-state index contributed by atoms with van der Waals surface area (Å²) in [5.41, 5.74) is 3.06. The summed E-state index contributed by atoms with van der Waals surface area (Å²) in [6.45, 7) is 2.33. The van der Waals surface area contributed by atoms with Crippen LogP contribution in [0.5, 0.6) is 11.6 Å². The van der Waals surface area contributed by atoms with Crippen molar-refractivity contribution >= 4 is 5.91 Å². The minimum absolute atomic E-state index is 0.00301. The summed E-state index contributed by atoms with van der Waals surface area (Å²) >= 11 is 0. The van der Waals surface area contributed by atoms with Crippen molar-refractivity contribution in [2.24, 2.45) is 0 Å². The quantitative estimate of drug-likeness (QED) is 0.472. The molecule has 0 fully saturated rings. The molecule has 0 radical (unpaired) electrons. The molecule has 0 saturated carbocycles. The molecule has 3 rings (SSSR count). The van der Waals surface area contributed by atoms with Gasteiger partial charge in [-0.25, -0.2) is 4.98 Å². The first-order valence-electron chi connectivity index (χ1n) is 10.8. The van der Waals surface area contributed by atoms with Crippen molar-refractivity contribution < 1.29 is 19.7 Å². The van der Waals surface area contributed by atoms with E-state index in [0.29, 0.717) is 18.9 Å². The van der Waals surface area contributed by atoms with E-state index in [4.69, 9.17) is 4.74 Å². The average Bonchev–Trinajstić information content (AvgIpc) is 2.81. The maximum Gasteiger partial charge on any atom is 0.276 e. The van der Waals surface area contributed by atoms with Crippen molar-refractivity contribution in [2.45, 2.75) is 26.2 Å². The molecule has 3 aromatic rings. The molecule has 7 heteroatoms. The number of ether oxygens (including phenoxy) is 1. The lowest BCUT2D eigenvalue weighted by Crippen LogP contribution is -2.31. The number of aliphatic hydroxyl groups is 1. The van der Waals surface area contributed by atoms with Crippen LogP contribution in [0.4, 0.5) is 0 Å². The first kappa shape index (κ1) is 23.2. The molecular weight excluding hydrogens is 406 g/mol. The number of hydrogen-bond donors (Lipinski definition) is 2. The van der Waals surface area contributed by atoms with Gasteiger partial charge in [-0.2, -0.15) is 4.98 Å². The third-order valence-electron chi connectivity index (χ3n) is 5.07. The predicted octanol–water partition coefficient (Wildman–Crippen LogP) is 3.68. The van der Waals surface area contributed by atoms with Crippen LogP contribution in [0.3, 0.4) is 0 Å². The van der Waals surface area contributed by atoms with Crippen molar-refractivity contribution in [3.8, 4) is 22.8 Å². The highest BCUT2D eigenvalue weighted by Gasteiger charge is 2.24. The standard InChI is InChI=1S/C25H29N3O4/c1-3-4-16-32-23-22(25(31)28(2)14-15-29)26-21(27-24(23)30)17-19-12-8-9-13-20(19)18-10-6-5-7-11-18/h5-13,29H,3-4,14-17H2,1-2H3,(H,26,27,30). The van der Waals surface area contributed by atoms with E-state index in [-0.39, 0.29) is 30.5 Å². The Morgan fingerprint density at radius 3 is 2.50 bits per heavy atom. The van der Waals surface area contributed by atoms with Crippen LogP contribution in [-0.4, -0.2) is 57.8 Å². The van der Waals surface area contributed by atoms with Crippen LogP contribution < -0.4 is 4.74 Å². The van der Waals surface area contributed by atoms with Gasteiger partial charge in [0.15, 0.2) is 5.69 Å². The summed E-state index contributed by atoms with van der Waals surface area (Å²) in [7, 11) is 1.57. The van der Waals surface area contributed by atoms with Gasteiger partial charge in [-0.3, -0.25) is 4.79 Å². The number of rotatable bonds is 10. The van der Waals surface area contributed by atoms with E-state index in [1.807, 2.05) is 61.5 Å². The number of nitrogens with zero attached hydrogens (tertiary/aromatic N) is 3. The Balaban J connectivity index is 1.99. The maximum atomic E-state index is 13.0. The van der Waals surface area contributed by atoms with E-state index in [1.165, 1.54) is 4.90 Å². The van der Waals surface area contributed by atoms with Gasteiger partial charge in [0.05, 0.1) is 13.2 Å². The molecule has 0 spiro atoms. The van der Waals surface area contributed by atoms with Crippen LogP contribution in [-0.2, 0) is 6.42 Å². The smallest absolute Gasteiger partial charge is 0.276 e. The third kappa shape index (κ3) is 5.62.